The summed E-state index contributed by atoms with van der Waals surface area (Å²) in [6, 6.07) is 18.4. The second-order valence-corrected chi connectivity index (χ2v) is 11.3. The minimum absolute atomic E-state index is 0.0125. The first-order valence-corrected chi connectivity index (χ1v) is 12.9. The Labute approximate surface area is 218 Å². The molecule has 0 saturated heterocycles. The first-order chi connectivity index (χ1) is 17.5. The third-order valence-corrected chi connectivity index (χ3v) is 6.65. The van der Waals surface area contributed by atoms with Gasteiger partial charge in [0.1, 0.15) is 11.6 Å². The summed E-state index contributed by atoms with van der Waals surface area (Å²) in [5.41, 5.74) is 2.42. The van der Waals surface area contributed by atoms with Crippen molar-refractivity contribution in [2.24, 2.45) is 11.3 Å². The molecule has 0 aliphatic carbocycles. The minimum Gasteiger partial charge on any atom is -0.467 e. The van der Waals surface area contributed by atoms with Crippen LogP contribution in [0.1, 0.15) is 70.7 Å². The number of nitrogens with zero attached hydrogens (tertiary/aromatic N) is 3. The molecule has 6 heteroatoms. The van der Waals surface area contributed by atoms with Crippen molar-refractivity contribution in [2.45, 2.75) is 67.0 Å². The fourth-order valence-corrected chi connectivity index (χ4v) is 5.06. The van der Waals surface area contributed by atoms with E-state index < -0.39 is 6.04 Å². The van der Waals surface area contributed by atoms with Gasteiger partial charge < -0.3 is 9.32 Å². The number of fused-ring (bicyclic) bond motifs is 1. The average molecular weight is 500 g/mol. The van der Waals surface area contributed by atoms with Crippen molar-refractivity contribution in [3.63, 3.8) is 0 Å². The number of hydrogen-bond acceptors (Lipinski definition) is 4. The van der Waals surface area contributed by atoms with E-state index in [2.05, 4.69) is 27.7 Å². The number of carbonyl (C=O) groups excluding carboxylic acids is 1. The molecule has 0 N–H and O–H groups in total. The smallest absolute Gasteiger partial charge is 0.266 e. The van der Waals surface area contributed by atoms with Crippen LogP contribution in [-0.4, -0.2) is 20.4 Å². The molecule has 0 spiro atoms. The van der Waals surface area contributed by atoms with Crippen LogP contribution in [0.5, 0.6) is 0 Å². The summed E-state index contributed by atoms with van der Waals surface area (Å²) in [5, 5.41) is 0.543. The van der Waals surface area contributed by atoms with Crippen LogP contribution >= 0.6 is 0 Å². The Hall–Kier alpha value is -3.67. The summed E-state index contributed by atoms with van der Waals surface area (Å²) in [7, 11) is 0. The molecule has 4 rings (SSSR count). The Morgan fingerprint density at radius 1 is 1.03 bits per heavy atom. The van der Waals surface area contributed by atoms with Gasteiger partial charge in [0.15, 0.2) is 0 Å². The van der Waals surface area contributed by atoms with Gasteiger partial charge in [0.2, 0.25) is 5.91 Å². The number of rotatable bonds is 8. The van der Waals surface area contributed by atoms with Gasteiger partial charge in [0.05, 0.1) is 35.4 Å². The monoisotopic (exact) mass is 499 g/mol. The molecule has 2 atom stereocenters. The number of hydrogen-bond donors (Lipinski definition) is 0. The van der Waals surface area contributed by atoms with E-state index in [1.165, 1.54) is 0 Å². The number of carbonyl (C=O) groups is 1. The lowest BCUT2D eigenvalue weighted by Crippen LogP contribution is -2.37. The summed E-state index contributed by atoms with van der Waals surface area (Å²) < 4.78 is 7.27. The number of furan rings is 1. The number of aryl methyl sites for hydroxylation is 1. The zero-order valence-corrected chi connectivity index (χ0v) is 22.7. The highest BCUT2D eigenvalue weighted by Gasteiger charge is 2.29. The predicted octanol–water partition coefficient (Wildman–Crippen LogP) is 6.84. The molecule has 37 heavy (non-hydrogen) atoms. The molecule has 6 nitrogen and oxygen atoms in total. The second-order valence-electron chi connectivity index (χ2n) is 11.3. The van der Waals surface area contributed by atoms with Gasteiger partial charge in [0, 0.05) is 6.42 Å². The zero-order valence-electron chi connectivity index (χ0n) is 22.7. The SMILES string of the molecule is Cc1ccc(-n2c(C(C)N(Cc3ccco3)C(=O)CC(C)CC(C)(C)C)nc3ccccc3c2=O)cc1. The number of aromatic nitrogens is 2. The highest BCUT2D eigenvalue weighted by molar-refractivity contribution is 5.79. The summed E-state index contributed by atoms with van der Waals surface area (Å²) in [6.07, 6.45) is 2.95. The lowest BCUT2D eigenvalue weighted by molar-refractivity contribution is -0.135. The summed E-state index contributed by atoms with van der Waals surface area (Å²) in [5.74, 6) is 1.44. The normalized spacial score (nSPS) is 13.5. The van der Waals surface area contributed by atoms with Crippen molar-refractivity contribution in [2.75, 3.05) is 0 Å². The van der Waals surface area contributed by atoms with E-state index in [1.54, 1.807) is 21.8 Å². The van der Waals surface area contributed by atoms with Crippen molar-refractivity contribution in [3.8, 4) is 5.69 Å². The molecule has 194 valence electrons. The van der Waals surface area contributed by atoms with Crippen LogP contribution in [0.3, 0.4) is 0 Å². The highest BCUT2D eigenvalue weighted by atomic mass is 16.3. The van der Waals surface area contributed by atoms with E-state index in [-0.39, 0.29) is 22.8 Å². The van der Waals surface area contributed by atoms with Crippen molar-refractivity contribution in [1.82, 2.24) is 14.5 Å². The summed E-state index contributed by atoms with van der Waals surface area (Å²) in [6.45, 7) is 12.9. The van der Waals surface area contributed by atoms with Crippen LogP contribution in [0, 0.1) is 18.3 Å². The van der Waals surface area contributed by atoms with E-state index >= 15 is 0 Å². The molecule has 2 heterocycles. The maximum atomic E-state index is 13.8. The molecule has 4 aromatic rings. The Kier molecular flexibility index (Phi) is 7.67. The molecule has 0 fully saturated rings. The van der Waals surface area contributed by atoms with Gasteiger partial charge in [-0.15, -0.1) is 0 Å². The van der Waals surface area contributed by atoms with E-state index in [0.29, 0.717) is 35.5 Å². The summed E-state index contributed by atoms with van der Waals surface area (Å²) in [4.78, 5) is 34.3. The van der Waals surface area contributed by atoms with Crippen molar-refractivity contribution < 1.29 is 9.21 Å². The van der Waals surface area contributed by atoms with Gasteiger partial charge in [-0.2, -0.15) is 0 Å². The number of para-hydroxylation sites is 1. The Balaban J connectivity index is 1.81. The van der Waals surface area contributed by atoms with Crippen LogP contribution in [0.15, 0.2) is 76.1 Å². The van der Waals surface area contributed by atoms with Gasteiger partial charge in [0.25, 0.3) is 5.56 Å². The van der Waals surface area contributed by atoms with Crippen molar-refractivity contribution in [3.05, 3.63) is 94.4 Å². The standard InChI is InChI=1S/C31H37N3O3/c1-21-13-15-24(16-14-21)34-29(32-27-12-8-7-11-26(27)30(34)36)23(3)33(20-25-10-9-17-37-25)28(35)18-22(2)19-31(4,5)6/h7-17,22-23H,18-20H2,1-6H3. The lowest BCUT2D eigenvalue weighted by atomic mass is 9.84. The molecular weight excluding hydrogens is 462 g/mol. The van der Waals surface area contributed by atoms with Crippen molar-refractivity contribution >= 4 is 16.8 Å². The number of amides is 1. The molecule has 2 aromatic carbocycles. The average Bonchev–Trinajstić information content (AvgIpc) is 3.35. The van der Waals surface area contributed by atoms with E-state index in [1.807, 2.05) is 68.4 Å². The highest BCUT2D eigenvalue weighted by Crippen LogP contribution is 2.30. The van der Waals surface area contributed by atoms with Crippen LogP contribution in [0.2, 0.25) is 0 Å². The minimum atomic E-state index is -0.474. The predicted molar refractivity (Wildman–Crippen MR) is 148 cm³/mol. The fraction of sp³-hybridized carbons (Fsp3) is 0.387. The van der Waals surface area contributed by atoms with Crippen LogP contribution in [0.4, 0.5) is 0 Å². The maximum Gasteiger partial charge on any atom is 0.266 e. The molecule has 0 saturated carbocycles. The largest absolute Gasteiger partial charge is 0.467 e. The van der Waals surface area contributed by atoms with E-state index in [9.17, 15) is 9.59 Å². The molecule has 0 bridgehead atoms. The molecule has 1 amide bonds. The van der Waals surface area contributed by atoms with E-state index in [4.69, 9.17) is 9.40 Å². The van der Waals surface area contributed by atoms with Gasteiger partial charge in [-0.25, -0.2) is 4.98 Å². The molecule has 2 aromatic heterocycles. The maximum absolute atomic E-state index is 13.8. The quantitative estimate of drug-likeness (QED) is 0.266. The van der Waals surface area contributed by atoms with Crippen LogP contribution in [-0.2, 0) is 11.3 Å². The molecule has 0 aliphatic heterocycles. The third-order valence-electron chi connectivity index (χ3n) is 6.65. The molecule has 2 unspecified atom stereocenters. The topological polar surface area (TPSA) is 68.3 Å². The van der Waals surface area contributed by atoms with Gasteiger partial charge in [-0.05, 0) is 68.0 Å². The number of benzene rings is 2. The zero-order chi connectivity index (χ0) is 26.7. The van der Waals surface area contributed by atoms with Gasteiger partial charge in [-0.1, -0.05) is 57.5 Å². The first kappa shape index (κ1) is 26.4. The van der Waals surface area contributed by atoms with Crippen LogP contribution in [0.25, 0.3) is 16.6 Å². The second kappa shape index (κ2) is 10.8. The van der Waals surface area contributed by atoms with Gasteiger partial charge >= 0.3 is 0 Å². The van der Waals surface area contributed by atoms with E-state index in [0.717, 1.165) is 17.7 Å². The first-order valence-electron chi connectivity index (χ1n) is 12.9. The third kappa shape index (κ3) is 6.19. The molecular formula is C31H37N3O3. The molecule has 0 radical (unpaired) electrons. The summed E-state index contributed by atoms with van der Waals surface area (Å²) >= 11 is 0. The Morgan fingerprint density at radius 3 is 2.38 bits per heavy atom. The Bertz CT molecular complexity index is 1410. The van der Waals surface area contributed by atoms with Crippen LogP contribution < -0.4 is 5.56 Å². The lowest BCUT2D eigenvalue weighted by Gasteiger charge is -2.31. The Morgan fingerprint density at radius 2 is 1.73 bits per heavy atom. The van der Waals surface area contributed by atoms with Gasteiger partial charge in [-0.3, -0.25) is 14.2 Å². The molecule has 0 aliphatic rings. The fourth-order valence-electron chi connectivity index (χ4n) is 5.06. The van der Waals surface area contributed by atoms with Crippen molar-refractivity contribution in [1.29, 1.82) is 0 Å².